The van der Waals surface area contributed by atoms with Gasteiger partial charge in [-0.2, -0.15) is 0 Å². The summed E-state index contributed by atoms with van der Waals surface area (Å²) in [5.41, 5.74) is 2.31. The van der Waals surface area contributed by atoms with Crippen molar-refractivity contribution in [2.75, 3.05) is 25.0 Å². The molecule has 0 aliphatic carbocycles. The smallest absolute Gasteiger partial charge is 0.407 e. The van der Waals surface area contributed by atoms with E-state index in [1.165, 1.54) is 10.5 Å². The summed E-state index contributed by atoms with van der Waals surface area (Å²) in [4.78, 5) is 14.4. The number of amides is 1. The molecule has 2 aromatic carbocycles. The number of nitrogens with zero attached hydrogens (tertiary/aromatic N) is 2. The van der Waals surface area contributed by atoms with Gasteiger partial charge in [0.25, 0.3) is 0 Å². The van der Waals surface area contributed by atoms with E-state index in [1.807, 2.05) is 48.5 Å². The van der Waals surface area contributed by atoms with Crippen molar-refractivity contribution < 1.29 is 9.90 Å². The van der Waals surface area contributed by atoms with Crippen molar-refractivity contribution in [3.8, 4) is 0 Å². The molecule has 4 nitrogen and oxygen atoms in total. The fourth-order valence-electron chi connectivity index (χ4n) is 2.11. The molecule has 2 aromatic rings. The van der Waals surface area contributed by atoms with Gasteiger partial charge in [0.2, 0.25) is 0 Å². The molecule has 0 radical (unpaired) electrons. The Morgan fingerprint density at radius 1 is 0.952 bits per heavy atom. The van der Waals surface area contributed by atoms with Crippen molar-refractivity contribution in [3.05, 3.63) is 66.2 Å². The summed E-state index contributed by atoms with van der Waals surface area (Å²) in [5, 5.41) is 8.96. The first kappa shape index (κ1) is 14.9. The normalized spacial score (nSPS) is 10.1. The van der Waals surface area contributed by atoms with E-state index >= 15 is 0 Å². The van der Waals surface area contributed by atoms with Gasteiger partial charge >= 0.3 is 6.09 Å². The van der Waals surface area contributed by atoms with Crippen molar-refractivity contribution in [1.82, 2.24) is 4.90 Å². The summed E-state index contributed by atoms with van der Waals surface area (Å²) in [6.45, 7) is 1.89. The van der Waals surface area contributed by atoms with Crippen molar-refractivity contribution in [3.63, 3.8) is 0 Å². The van der Waals surface area contributed by atoms with Crippen LogP contribution in [0.2, 0.25) is 0 Å². The molecule has 0 unspecified atom stereocenters. The molecule has 0 bridgehead atoms. The summed E-state index contributed by atoms with van der Waals surface area (Å²) < 4.78 is 0. The van der Waals surface area contributed by atoms with Gasteiger partial charge < -0.3 is 14.9 Å². The molecule has 0 fully saturated rings. The predicted molar refractivity (Wildman–Crippen MR) is 84.6 cm³/mol. The Morgan fingerprint density at radius 2 is 1.52 bits per heavy atom. The van der Waals surface area contributed by atoms with Gasteiger partial charge in [0.15, 0.2) is 0 Å². The molecule has 0 saturated carbocycles. The third-order valence-corrected chi connectivity index (χ3v) is 3.37. The van der Waals surface area contributed by atoms with Crippen LogP contribution in [0.4, 0.5) is 10.5 Å². The van der Waals surface area contributed by atoms with Gasteiger partial charge in [0.1, 0.15) is 0 Å². The molecule has 2 rings (SSSR count). The van der Waals surface area contributed by atoms with Crippen LogP contribution in [0.3, 0.4) is 0 Å². The Hall–Kier alpha value is -2.49. The molecular formula is C17H20N2O2. The minimum absolute atomic E-state index is 0.469. The molecule has 4 heteroatoms. The molecule has 0 aliphatic rings. The van der Waals surface area contributed by atoms with E-state index in [-0.39, 0.29) is 0 Å². The lowest BCUT2D eigenvalue weighted by Crippen LogP contribution is -2.35. The Balaban J connectivity index is 2.09. The average Bonchev–Trinajstić information content (AvgIpc) is 2.52. The third kappa shape index (κ3) is 4.53. The van der Waals surface area contributed by atoms with Crippen molar-refractivity contribution >= 4 is 11.8 Å². The zero-order valence-corrected chi connectivity index (χ0v) is 12.1. The van der Waals surface area contributed by atoms with Crippen LogP contribution >= 0.6 is 0 Å². The first-order valence-corrected chi connectivity index (χ1v) is 6.95. The van der Waals surface area contributed by atoms with Gasteiger partial charge in [0.05, 0.1) is 0 Å². The van der Waals surface area contributed by atoms with Gasteiger partial charge in [-0.05, 0) is 17.7 Å². The molecule has 0 spiro atoms. The topological polar surface area (TPSA) is 43.8 Å². The highest BCUT2D eigenvalue weighted by atomic mass is 16.4. The largest absolute Gasteiger partial charge is 0.465 e. The number of anilines is 1. The molecular weight excluding hydrogens is 264 g/mol. The lowest BCUT2D eigenvalue weighted by molar-refractivity contribution is 0.157. The second kappa shape index (κ2) is 7.33. The lowest BCUT2D eigenvalue weighted by Gasteiger charge is -2.27. The van der Waals surface area contributed by atoms with E-state index in [0.717, 1.165) is 12.2 Å². The number of para-hydroxylation sites is 1. The lowest BCUT2D eigenvalue weighted by atomic mass is 10.2. The van der Waals surface area contributed by atoms with Crippen LogP contribution in [0, 0.1) is 0 Å². The minimum Gasteiger partial charge on any atom is -0.465 e. The fourth-order valence-corrected chi connectivity index (χ4v) is 2.11. The van der Waals surface area contributed by atoms with E-state index in [1.54, 1.807) is 7.05 Å². The number of likely N-dealkylation sites (N-methyl/N-ethyl adjacent to an activating group) is 1. The number of rotatable bonds is 6. The summed E-state index contributed by atoms with van der Waals surface area (Å²) in [6.07, 6.45) is -0.900. The standard InChI is InChI=1S/C17H20N2O2/c1-18(17(20)21)12-13-19(16-10-6-3-7-11-16)14-15-8-4-2-5-9-15/h2-11H,12-14H2,1H3,(H,20,21). The highest BCUT2D eigenvalue weighted by molar-refractivity contribution is 5.64. The van der Waals surface area contributed by atoms with Crippen LogP contribution in [-0.4, -0.2) is 36.2 Å². The summed E-state index contributed by atoms with van der Waals surface area (Å²) >= 11 is 0. The molecule has 0 saturated heterocycles. The second-order valence-electron chi connectivity index (χ2n) is 4.95. The second-order valence-corrected chi connectivity index (χ2v) is 4.95. The van der Waals surface area contributed by atoms with Gasteiger partial charge in [-0.1, -0.05) is 48.5 Å². The predicted octanol–water partition coefficient (Wildman–Crippen LogP) is 3.30. The fraction of sp³-hybridized carbons (Fsp3) is 0.235. The van der Waals surface area contributed by atoms with E-state index in [4.69, 9.17) is 5.11 Å². The van der Waals surface area contributed by atoms with E-state index in [2.05, 4.69) is 17.0 Å². The number of hydrogen-bond acceptors (Lipinski definition) is 2. The Labute approximate surface area is 125 Å². The first-order valence-electron chi connectivity index (χ1n) is 6.95. The van der Waals surface area contributed by atoms with Crippen LogP contribution < -0.4 is 4.90 Å². The molecule has 0 aromatic heterocycles. The van der Waals surface area contributed by atoms with E-state index in [0.29, 0.717) is 13.1 Å². The highest BCUT2D eigenvalue weighted by Gasteiger charge is 2.10. The Kier molecular flexibility index (Phi) is 5.21. The Morgan fingerprint density at radius 3 is 2.10 bits per heavy atom. The van der Waals surface area contributed by atoms with Crippen molar-refractivity contribution in [2.45, 2.75) is 6.54 Å². The van der Waals surface area contributed by atoms with Crippen LogP contribution in [0.15, 0.2) is 60.7 Å². The van der Waals surface area contributed by atoms with Crippen molar-refractivity contribution in [2.24, 2.45) is 0 Å². The van der Waals surface area contributed by atoms with E-state index < -0.39 is 6.09 Å². The van der Waals surface area contributed by atoms with Gasteiger partial charge in [-0.15, -0.1) is 0 Å². The summed E-state index contributed by atoms with van der Waals surface area (Å²) in [5.74, 6) is 0. The molecule has 0 atom stereocenters. The van der Waals surface area contributed by atoms with Crippen molar-refractivity contribution in [1.29, 1.82) is 0 Å². The number of carboxylic acid groups (broad SMARTS) is 1. The summed E-state index contributed by atoms with van der Waals surface area (Å²) in [7, 11) is 1.59. The van der Waals surface area contributed by atoms with Crippen LogP contribution in [0.1, 0.15) is 5.56 Å². The molecule has 0 aliphatic heterocycles. The van der Waals surface area contributed by atoms with E-state index in [9.17, 15) is 4.79 Å². The number of hydrogen-bond donors (Lipinski definition) is 1. The van der Waals surface area contributed by atoms with Crippen LogP contribution in [-0.2, 0) is 6.54 Å². The van der Waals surface area contributed by atoms with Gasteiger partial charge in [0, 0.05) is 32.4 Å². The van der Waals surface area contributed by atoms with Crippen LogP contribution in [0.25, 0.3) is 0 Å². The maximum atomic E-state index is 10.9. The zero-order valence-electron chi connectivity index (χ0n) is 12.1. The number of carbonyl (C=O) groups is 1. The van der Waals surface area contributed by atoms with Gasteiger partial charge in [-0.25, -0.2) is 4.79 Å². The average molecular weight is 284 g/mol. The highest BCUT2D eigenvalue weighted by Crippen LogP contribution is 2.16. The molecule has 1 amide bonds. The molecule has 21 heavy (non-hydrogen) atoms. The SMILES string of the molecule is CN(CCN(Cc1ccccc1)c1ccccc1)C(=O)O. The van der Waals surface area contributed by atoms with Crippen LogP contribution in [0.5, 0.6) is 0 Å². The molecule has 0 heterocycles. The minimum atomic E-state index is -0.900. The van der Waals surface area contributed by atoms with Gasteiger partial charge in [-0.3, -0.25) is 0 Å². The quantitative estimate of drug-likeness (QED) is 0.885. The monoisotopic (exact) mass is 284 g/mol. The Bertz CT molecular complexity index is 558. The first-order chi connectivity index (χ1) is 10.2. The third-order valence-electron chi connectivity index (χ3n) is 3.37. The maximum absolute atomic E-state index is 10.9. The maximum Gasteiger partial charge on any atom is 0.407 e. The molecule has 110 valence electrons. The molecule has 1 N–H and O–H groups in total. The summed E-state index contributed by atoms with van der Waals surface area (Å²) in [6, 6.07) is 20.2. The zero-order chi connectivity index (χ0) is 15.1. The number of benzene rings is 2.